The number of fused-ring (bicyclic) bond motifs is 3. The van der Waals surface area contributed by atoms with Crippen molar-refractivity contribution >= 4 is 33.6 Å². The second-order valence-corrected chi connectivity index (χ2v) is 8.52. The molecule has 0 bridgehead atoms. The number of rotatable bonds is 7. The smallest absolute Gasteiger partial charge is 0.343 e. The van der Waals surface area contributed by atoms with Crippen LogP contribution in [0.3, 0.4) is 0 Å². The van der Waals surface area contributed by atoms with E-state index in [4.69, 9.17) is 14.2 Å². The molecule has 1 heterocycles. The molecule has 6 heteroatoms. The number of hydrogen-bond donors (Lipinski definition) is 0. The third-order valence-electron chi connectivity index (χ3n) is 6.27. The van der Waals surface area contributed by atoms with Crippen molar-refractivity contribution in [3.8, 4) is 17.2 Å². The molecule has 0 aliphatic heterocycles. The standard InChI is InChI=1S/C31H27NO5/c1-4-35-23-17-15-21(16-18-23)30(33)37-27-19-26-28(31(34)36-5-2)20(3)32(22-11-7-6-8-12-22)29(26)25-14-10-9-13-24(25)27/h6-19H,4-5H2,1-3H3. The summed E-state index contributed by atoms with van der Waals surface area (Å²) in [6.45, 7) is 6.38. The number of esters is 2. The monoisotopic (exact) mass is 493 g/mol. The Morgan fingerprint density at radius 2 is 1.43 bits per heavy atom. The second-order valence-electron chi connectivity index (χ2n) is 8.52. The van der Waals surface area contributed by atoms with Gasteiger partial charge in [-0.1, -0.05) is 42.5 Å². The van der Waals surface area contributed by atoms with E-state index in [1.54, 1.807) is 37.3 Å². The lowest BCUT2D eigenvalue weighted by molar-refractivity contribution is 0.0527. The molecule has 0 amide bonds. The highest BCUT2D eigenvalue weighted by molar-refractivity contribution is 6.17. The van der Waals surface area contributed by atoms with E-state index in [1.807, 2.05) is 68.4 Å². The van der Waals surface area contributed by atoms with Gasteiger partial charge in [-0.25, -0.2) is 9.59 Å². The highest BCUT2D eigenvalue weighted by Crippen LogP contribution is 2.40. The molecular formula is C31H27NO5. The Bertz CT molecular complexity index is 1600. The second kappa shape index (κ2) is 10.2. The van der Waals surface area contributed by atoms with E-state index in [2.05, 4.69) is 4.57 Å². The zero-order chi connectivity index (χ0) is 25.9. The van der Waals surface area contributed by atoms with E-state index in [9.17, 15) is 9.59 Å². The molecule has 1 aromatic heterocycles. The average Bonchev–Trinajstić information content (AvgIpc) is 3.21. The fourth-order valence-corrected chi connectivity index (χ4v) is 4.69. The van der Waals surface area contributed by atoms with Gasteiger partial charge < -0.3 is 18.8 Å². The van der Waals surface area contributed by atoms with Crippen LogP contribution in [0.1, 0.15) is 40.3 Å². The largest absolute Gasteiger partial charge is 0.494 e. The summed E-state index contributed by atoms with van der Waals surface area (Å²) in [5.74, 6) is 0.142. The van der Waals surface area contributed by atoms with Crippen LogP contribution in [0.15, 0.2) is 84.9 Å². The molecule has 37 heavy (non-hydrogen) atoms. The first-order valence-electron chi connectivity index (χ1n) is 12.3. The van der Waals surface area contributed by atoms with Crippen molar-refractivity contribution in [1.82, 2.24) is 4.57 Å². The predicted molar refractivity (Wildman–Crippen MR) is 144 cm³/mol. The number of carbonyl (C=O) groups excluding carboxylic acids is 2. The minimum Gasteiger partial charge on any atom is -0.494 e. The van der Waals surface area contributed by atoms with E-state index < -0.39 is 11.9 Å². The van der Waals surface area contributed by atoms with E-state index >= 15 is 0 Å². The van der Waals surface area contributed by atoms with Crippen molar-refractivity contribution in [2.75, 3.05) is 13.2 Å². The third-order valence-corrected chi connectivity index (χ3v) is 6.27. The van der Waals surface area contributed by atoms with Gasteiger partial charge in [-0.15, -0.1) is 0 Å². The van der Waals surface area contributed by atoms with E-state index in [-0.39, 0.29) is 6.61 Å². The molecule has 0 saturated heterocycles. The Balaban J connectivity index is 1.71. The number of nitrogens with zero attached hydrogens (tertiary/aromatic N) is 1. The van der Waals surface area contributed by atoms with E-state index in [1.165, 1.54) is 0 Å². The lowest BCUT2D eigenvalue weighted by Crippen LogP contribution is -2.09. The molecule has 0 radical (unpaired) electrons. The molecule has 0 fully saturated rings. The molecule has 0 saturated carbocycles. The average molecular weight is 494 g/mol. The van der Waals surface area contributed by atoms with Gasteiger partial charge in [0.1, 0.15) is 11.5 Å². The maximum Gasteiger partial charge on any atom is 0.343 e. The first-order valence-corrected chi connectivity index (χ1v) is 12.3. The Morgan fingerprint density at radius 3 is 2.11 bits per heavy atom. The summed E-state index contributed by atoms with van der Waals surface area (Å²) in [6, 6.07) is 26.2. The topological polar surface area (TPSA) is 66.8 Å². The zero-order valence-corrected chi connectivity index (χ0v) is 21.0. The molecule has 186 valence electrons. The summed E-state index contributed by atoms with van der Waals surface area (Å²) in [5.41, 5.74) is 3.37. The van der Waals surface area contributed by atoms with Gasteiger partial charge in [0.25, 0.3) is 0 Å². The van der Waals surface area contributed by atoms with Gasteiger partial charge in [0.2, 0.25) is 0 Å². The van der Waals surface area contributed by atoms with Gasteiger partial charge in [0.05, 0.1) is 29.9 Å². The van der Waals surface area contributed by atoms with Crippen LogP contribution in [0.25, 0.3) is 27.4 Å². The molecule has 4 aromatic carbocycles. The van der Waals surface area contributed by atoms with E-state index in [0.717, 1.165) is 27.7 Å². The maximum atomic E-state index is 13.1. The molecule has 0 aliphatic rings. The Kier molecular flexibility index (Phi) is 6.64. The van der Waals surface area contributed by atoms with Crippen LogP contribution in [0.4, 0.5) is 0 Å². The number of ether oxygens (including phenoxy) is 3. The van der Waals surface area contributed by atoms with Gasteiger partial charge in [0, 0.05) is 27.5 Å². The molecule has 0 atom stereocenters. The first kappa shape index (κ1) is 24.1. The summed E-state index contributed by atoms with van der Waals surface area (Å²) in [7, 11) is 0. The molecule has 5 aromatic rings. The summed E-state index contributed by atoms with van der Waals surface area (Å²) >= 11 is 0. The third kappa shape index (κ3) is 4.42. The van der Waals surface area contributed by atoms with Crippen molar-refractivity contribution < 1.29 is 23.8 Å². The molecule has 6 nitrogen and oxygen atoms in total. The van der Waals surface area contributed by atoms with E-state index in [0.29, 0.717) is 34.6 Å². The number of benzene rings is 4. The minimum atomic E-state index is -0.496. The Hall–Kier alpha value is -4.58. The Morgan fingerprint density at radius 1 is 0.757 bits per heavy atom. The van der Waals surface area contributed by atoms with Crippen LogP contribution in [-0.4, -0.2) is 29.7 Å². The van der Waals surface area contributed by atoms with Gasteiger partial charge in [-0.3, -0.25) is 0 Å². The molecule has 0 spiro atoms. The first-order chi connectivity index (χ1) is 18.0. The van der Waals surface area contributed by atoms with Crippen LogP contribution in [0, 0.1) is 6.92 Å². The fourth-order valence-electron chi connectivity index (χ4n) is 4.69. The van der Waals surface area contributed by atoms with Gasteiger partial charge in [0.15, 0.2) is 0 Å². The SMILES string of the molecule is CCOC(=O)c1c(C)n(-c2ccccc2)c2c1cc(OC(=O)c1ccc(OCC)cc1)c1ccccc12. The molecule has 0 N–H and O–H groups in total. The summed E-state index contributed by atoms with van der Waals surface area (Å²) < 4.78 is 18.9. The van der Waals surface area contributed by atoms with Crippen molar-refractivity contribution in [2.24, 2.45) is 0 Å². The van der Waals surface area contributed by atoms with Crippen LogP contribution >= 0.6 is 0 Å². The zero-order valence-electron chi connectivity index (χ0n) is 21.0. The van der Waals surface area contributed by atoms with Gasteiger partial charge in [-0.2, -0.15) is 0 Å². The number of para-hydroxylation sites is 1. The van der Waals surface area contributed by atoms with Crippen LogP contribution in [0.2, 0.25) is 0 Å². The Labute approximate surface area is 215 Å². The van der Waals surface area contributed by atoms with Crippen molar-refractivity contribution in [3.05, 3.63) is 102 Å². The highest BCUT2D eigenvalue weighted by atomic mass is 16.5. The minimum absolute atomic E-state index is 0.253. The summed E-state index contributed by atoms with van der Waals surface area (Å²) in [6.07, 6.45) is 0. The molecule has 0 unspecified atom stereocenters. The lowest BCUT2D eigenvalue weighted by Gasteiger charge is -2.13. The van der Waals surface area contributed by atoms with Crippen molar-refractivity contribution in [2.45, 2.75) is 20.8 Å². The number of hydrogen-bond acceptors (Lipinski definition) is 5. The van der Waals surface area contributed by atoms with Crippen LogP contribution in [0.5, 0.6) is 11.5 Å². The highest BCUT2D eigenvalue weighted by Gasteiger charge is 2.25. The molecular weight excluding hydrogens is 466 g/mol. The molecule has 0 aliphatic carbocycles. The fraction of sp³-hybridized carbons (Fsp3) is 0.161. The molecule has 5 rings (SSSR count). The number of carbonyl (C=O) groups is 2. The quantitative estimate of drug-likeness (QED) is 0.182. The maximum absolute atomic E-state index is 13.1. The predicted octanol–water partition coefficient (Wildman–Crippen LogP) is 6.89. The van der Waals surface area contributed by atoms with Gasteiger partial charge in [-0.05, 0) is 63.2 Å². The van der Waals surface area contributed by atoms with Gasteiger partial charge >= 0.3 is 11.9 Å². The van der Waals surface area contributed by atoms with Crippen LogP contribution < -0.4 is 9.47 Å². The number of aromatic nitrogens is 1. The lowest BCUT2D eigenvalue weighted by atomic mass is 10.0. The van der Waals surface area contributed by atoms with Crippen molar-refractivity contribution in [1.29, 1.82) is 0 Å². The normalized spacial score (nSPS) is 11.0. The van der Waals surface area contributed by atoms with Crippen molar-refractivity contribution in [3.63, 3.8) is 0 Å². The summed E-state index contributed by atoms with van der Waals surface area (Å²) in [4.78, 5) is 26.3. The van der Waals surface area contributed by atoms with Crippen LogP contribution in [-0.2, 0) is 4.74 Å². The summed E-state index contributed by atoms with van der Waals surface area (Å²) in [5, 5.41) is 2.28.